The van der Waals surface area contributed by atoms with Gasteiger partial charge in [-0.25, -0.2) is 0 Å². The Morgan fingerprint density at radius 2 is 2.10 bits per heavy atom. The molecule has 3 nitrogen and oxygen atoms in total. The van der Waals surface area contributed by atoms with Gasteiger partial charge in [-0.15, -0.1) is 0 Å². The zero-order chi connectivity index (χ0) is 14.1. The summed E-state index contributed by atoms with van der Waals surface area (Å²) in [5.41, 5.74) is 2.48. The van der Waals surface area contributed by atoms with Crippen molar-refractivity contribution in [3.8, 4) is 5.75 Å². The van der Waals surface area contributed by atoms with Crippen LogP contribution in [0.15, 0.2) is 42.5 Å². The number of anilines is 1. The number of rotatable bonds is 1. The molecular formula is C16H14ClNO2. The van der Waals surface area contributed by atoms with Gasteiger partial charge in [0.05, 0.1) is 12.2 Å². The largest absolute Gasteiger partial charge is 0.490 e. The Kier molecular flexibility index (Phi) is 3.36. The van der Waals surface area contributed by atoms with Gasteiger partial charge in [0.1, 0.15) is 12.4 Å². The lowest BCUT2D eigenvalue weighted by Crippen LogP contribution is -2.37. The van der Waals surface area contributed by atoms with Gasteiger partial charge in [-0.05, 0) is 37.3 Å². The number of aryl methyl sites for hydroxylation is 1. The molecule has 1 aliphatic rings. The van der Waals surface area contributed by atoms with E-state index >= 15 is 0 Å². The third-order valence-corrected chi connectivity index (χ3v) is 3.53. The van der Waals surface area contributed by atoms with E-state index in [-0.39, 0.29) is 5.91 Å². The summed E-state index contributed by atoms with van der Waals surface area (Å²) in [6.07, 6.45) is 0. The molecule has 20 heavy (non-hydrogen) atoms. The smallest absolute Gasteiger partial charge is 0.258 e. The van der Waals surface area contributed by atoms with Crippen molar-refractivity contribution in [1.82, 2.24) is 0 Å². The molecule has 3 rings (SSSR count). The van der Waals surface area contributed by atoms with E-state index < -0.39 is 0 Å². The van der Waals surface area contributed by atoms with E-state index in [1.165, 1.54) is 0 Å². The Balaban J connectivity index is 2.00. The summed E-state index contributed by atoms with van der Waals surface area (Å²) in [6, 6.07) is 12.9. The summed E-state index contributed by atoms with van der Waals surface area (Å²) < 4.78 is 5.57. The molecule has 0 spiro atoms. The van der Waals surface area contributed by atoms with Crippen LogP contribution >= 0.6 is 11.6 Å². The van der Waals surface area contributed by atoms with E-state index in [1.54, 1.807) is 23.1 Å². The van der Waals surface area contributed by atoms with Crippen molar-refractivity contribution >= 4 is 23.2 Å². The zero-order valence-electron chi connectivity index (χ0n) is 11.1. The van der Waals surface area contributed by atoms with Crippen LogP contribution < -0.4 is 9.64 Å². The number of carbonyl (C=O) groups excluding carboxylic acids is 1. The number of benzene rings is 2. The highest BCUT2D eigenvalue weighted by Crippen LogP contribution is 2.34. The molecule has 2 aromatic carbocycles. The van der Waals surface area contributed by atoms with Gasteiger partial charge in [0.25, 0.3) is 5.91 Å². The lowest BCUT2D eigenvalue weighted by atomic mass is 10.1. The first-order chi connectivity index (χ1) is 9.65. The number of fused-ring (bicyclic) bond motifs is 1. The van der Waals surface area contributed by atoms with Crippen LogP contribution in [0.25, 0.3) is 0 Å². The van der Waals surface area contributed by atoms with Crippen molar-refractivity contribution in [2.75, 3.05) is 18.1 Å². The number of hydrogen-bond acceptors (Lipinski definition) is 2. The summed E-state index contributed by atoms with van der Waals surface area (Å²) in [5, 5.41) is 0.594. The van der Waals surface area contributed by atoms with Gasteiger partial charge in [-0.3, -0.25) is 4.79 Å². The highest BCUT2D eigenvalue weighted by atomic mass is 35.5. The molecule has 102 valence electrons. The monoisotopic (exact) mass is 287 g/mol. The second-order valence-corrected chi connectivity index (χ2v) is 5.22. The number of nitrogens with zero attached hydrogens (tertiary/aromatic N) is 1. The minimum Gasteiger partial charge on any atom is -0.490 e. The maximum atomic E-state index is 12.7. The van der Waals surface area contributed by atoms with Crippen LogP contribution in [0.3, 0.4) is 0 Å². The second kappa shape index (κ2) is 5.17. The third kappa shape index (κ3) is 2.37. The normalized spacial score (nSPS) is 13.6. The van der Waals surface area contributed by atoms with Crippen LogP contribution in [0.2, 0.25) is 5.02 Å². The summed E-state index contributed by atoms with van der Waals surface area (Å²) in [5.74, 6) is 0.669. The highest BCUT2D eigenvalue weighted by molar-refractivity contribution is 6.31. The topological polar surface area (TPSA) is 29.5 Å². The fourth-order valence-electron chi connectivity index (χ4n) is 2.34. The maximum Gasteiger partial charge on any atom is 0.258 e. The molecule has 0 aliphatic carbocycles. The lowest BCUT2D eigenvalue weighted by Gasteiger charge is -2.29. The number of amides is 1. The molecule has 4 heteroatoms. The first-order valence-corrected chi connectivity index (χ1v) is 6.84. The van der Waals surface area contributed by atoms with Crippen LogP contribution in [0.5, 0.6) is 5.75 Å². The molecule has 2 aromatic rings. The third-order valence-electron chi connectivity index (χ3n) is 3.29. The quantitative estimate of drug-likeness (QED) is 0.800. The number of ether oxygens (including phenoxy) is 1. The van der Waals surface area contributed by atoms with Crippen LogP contribution in [-0.2, 0) is 0 Å². The highest BCUT2D eigenvalue weighted by Gasteiger charge is 2.24. The van der Waals surface area contributed by atoms with Gasteiger partial charge in [-0.1, -0.05) is 29.3 Å². The molecule has 0 radical (unpaired) electrons. The van der Waals surface area contributed by atoms with Gasteiger partial charge in [0, 0.05) is 10.6 Å². The second-order valence-electron chi connectivity index (χ2n) is 4.79. The molecule has 1 aliphatic heterocycles. The fourth-order valence-corrected chi connectivity index (χ4v) is 2.50. The minimum atomic E-state index is -0.0273. The van der Waals surface area contributed by atoms with E-state index in [4.69, 9.17) is 16.3 Å². The Labute approximate surface area is 122 Å². The number of hydrogen-bond donors (Lipinski definition) is 0. The van der Waals surface area contributed by atoms with Crippen LogP contribution in [0.1, 0.15) is 15.9 Å². The van der Waals surface area contributed by atoms with E-state index in [1.807, 2.05) is 31.2 Å². The van der Waals surface area contributed by atoms with Gasteiger partial charge in [-0.2, -0.15) is 0 Å². The molecular weight excluding hydrogens is 274 g/mol. The number of carbonyl (C=O) groups is 1. The maximum absolute atomic E-state index is 12.7. The first-order valence-electron chi connectivity index (χ1n) is 6.46. The summed E-state index contributed by atoms with van der Waals surface area (Å²) >= 11 is 6.02. The first kappa shape index (κ1) is 13.0. The predicted octanol–water partition coefficient (Wildman–Crippen LogP) is 3.69. The van der Waals surface area contributed by atoms with E-state index in [0.717, 1.165) is 11.3 Å². The van der Waals surface area contributed by atoms with Gasteiger partial charge in [0.15, 0.2) is 0 Å². The van der Waals surface area contributed by atoms with Crippen LogP contribution in [-0.4, -0.2) is 19.1 Å². The summed E-state index contributed by atoms with van der Waals surface area (Å²) in [4.78, 5) is 14.4. The van der Waals surface area contributed by atoms with Crippen molar-refractivity contribution in [1.29, 1.82) is 0 Å². The molecule has 0 fully saturated rings. The van der Waals surface area contributed by atoms with Crippen molar-refractivity contribution in [2.45, 2.75) is 6.92 Å². The van der Waals surface area contributed by atoms with Crippen LogP contribution in [0, 0.1) is 6.92 Å². The Morgan fingerprint density at radius 1 is 1.25 bits per heavy atom. The molecule has 0 aromatic heterocycles. The Bertz CT molecular complexity index is 669. The molecule has 1 heterocycles. The average Bonchev–Trinajstić information content (AvgIpc) is 2.46. The summed E-state index contributed by atoms with van der Waals surface area (Å²) in [6.45, 7) is 2.99. The van der Waals surface area contributed by atoms with Crippen molar-refractivity contribution in [3.05, 3.63) is 58.6 Å². The molecule has 0 unspecified atom stereocenters. The van der Waals surface area contributed by atoms with Gasteiger partial charge < -0.3 is 9.64 Å². The van der Waals surface area contributed by atoms with Crippen molar-refractivity contribution in [2.24, 2.45) is 0 Å². The predicted molar refractivity (Wildman–Crippen MR) is 79.8 cm³/mol. The van der Waals surface area contributed by atoms with Crippen LogP contribution in [0.4, 0.5) is 5.69 Å². The molecule has 0 saturated heterocycles. The SMILES string of the molecule is Cc1cccc(C(=O)N2CCOc3ccc(Cl)cc32)c1. The lowest BCUT2D eigenvalue weighted by molar-refractivity contribution is 0.0976. The Hall–Kier alpha value is -2.00. The fraction of sp³-hybridized carbons (Fsp3) is 0.188. The van der Waals surface area contributed by atoms with Gasteiger partial charge in [0.2, 0.25) is 0 Å². The van der Waals surface area contributed by atoms with Crippen molar-refractivity contribution in [3.63, 3.8) is 0 Å². The molecule has 1 amide bonds. The van der Waals surface area contributed by atoms with E-state index in [9.17, 15) is 4.79 Å². The average molecular weight is 288 g/mol. The standard InChI is InChI=1S/C16H14ClNO2/c1-11-3-2-4-12(9-11)16(19)18-7-8-20-15-6-5-13(17)10-14(15)18/h2-6,9-10H,7-8H2,1H3. The molecule has 0 N–H and O–H groups in total. The number of halogens is 1. The molecule has 0 bridgehead atoms. The van der Waals surface area contributed by atoms with E-state index in [2.05, 4.69) is 0 Å². The molecule has 0 saturated carbocycles. The van der Waals surface area contributed by atoms with E-state index in [0.29, 0.717) is 29.5 Å². The van der Waals surface area contributed by atoms with Gasteiger partial charge >= 0.3 is 0 Å². The minimum absolute atomic E-state index is 0.0273. The Morgan fingerprint density at radius 3 is 2.90 bits per heavy atom. The van der Waals surface area contributed by atoms with Crippen molar-refractivity contribution < 1.29 is 9.53 Å². The molecule has 0 atom stereocenters. The zero-order valence-corrected chi connectivity index (χ0v) is 11.9. The summed E-state index contributed by atoms with van der Waals surface area (Å²) in [7, 11) is 0.